The fourth-order valence-electron chi connectivity index (χ4n) is 3.17. The Morgan fingerprint density at radius 3 is 2.63 bits per heavy atom. The van der Waals surface area contributed by atoms with Crippen molar-refractivity contribution in [1.29, 1.82) is 0 Å². The van der Waals surface area contributed by atoms with Gasteiger partial charge in [-0.3, -0.25) is 9.79 Å². The van der Waals surface area contributed by atoms with E-state index in [9.17, 15) is 4.79 Å². The molecule has 0 aromatic carbocycles. The molecule has 2 rings (SSSR count). The Balaban J connectivity index is 0.00000364. The molecule has 1 saturated heterocycles. The summed E-state index contributed by atoms with van der Waals surface area (Å²) in [5, 5.41) is 5.52. The van der Waals surface area contributed by atoms with Gasteiger partial charge in [-0.15, -0.1) is 35.3 Å². The van der Waals surface area contributed by atoms with E-state index in [0.717, 1.165) is 38.4 Å². The summed E-state index contributed by atoms with van der Waals surface area (Å²) in [6.07, 6.45) is 1.65. The minimum absolute atomic E-state index is 0. The number of likely N-dealkylation sites (N-methyl/N-ethyl adjacent to an activating group) is 1. The molecule has 1 N–H and O–H groups in total. The lowest BCUT2D eigenvalue weighted by molar-refractivity contribution is -0.149. The van der Waals surface area contributed by atoms with E-state index < -0.39 is 0 Å². The number of ether oxygens (including phenoxy) is 1. The Kier molecular flexibility index (Phi) is 11.2. The van der Waals surface area contributed by atoms with E-state index in [4.69, 9.17) is 9.73 Å². The Bertz CT molecular complexity index is 572. The van der Waals surface area contributed by atoms with Crippen molar-refractivity contribution in [3.05, 3.63) is 22.4 Å². The number of nitrogens with one attached hydrogen (secondary N) is 1. The van der Waals surface area contributed by atoms with Crippen molar-refractivity contribution in [2.75, 3.05) is 46.9 Å². The second-order valence-electron chi connectivity index (χ2n) is 6.70. The van der Waals surface area contributed by atoms with Crippen LogP contribution in [0.5, 0.6) is 0 Å². The number of guanidine groups is 1. The maximum absolute atomic E-state index is 11.9. The summed E-state index contributed by atoms with van der Waals surface area (Å²) in [5.74, 6) is 0.910. The van der Waals surface area contributed by atoms with Crippen LogP contribution in [0.1, 0.15) is 37.6 Å². The zero-order valence-electron chi connectivity index (χ0n) is 16.8. The first kappa shape index (κ1) is 24.2. The summed E-state index contributed by atoms with van der Waals surface area (Å²) in [7, 11) is 4.19. The molecule has 1 aromatic rings. The lowest BCUT2D eigenvalue weighted by atomic mass is 9.97. The molecule has 27 heavy (non-hydrogen) atoms. The standard InChI is InChI=1S/C19H32N4O2S.HI/c1-5-20-19(21-14-16(22(3)4)17-8-7-13-26-17)23-11-9-15(10-12-23)18(24)25-6-2;/h7-8,13,15-16H,5-6,9-12,14H2,1-4H3,(H,20,21);1H. The Morgan fingerprint density at radius 2 is 2.11 bits per heavy atom. The van der Waals surface area contributed by atoms with Crippen molar-refractivity contribution < 1.29 is 9.53 Å². The van der Waals surface area contributed by atoms with Crippen molar-refractivity contribution in [2.24, 2.45) is 10.9 Å². The topological polar surface area (TPSA) is 57.2 Å². The van der Waals surface area contributed by atoms with Gasteiger partial charge >= 0.3 is 5.97 Å². The average molecular weight is 508 g/mol. The average Bonchev–Trinajstić information content (AvgIpc) is 3.15. The van der Waals surface area contributed by atoms with E-state index in [-0.39, 0.29) is 41.9 Å². The van der Waals surface area contributed by atoms with Crippen LogP contribution in [0.15, 0.2) is 22.5 Å². The van der Waals surface area contributed by atoms with E-state index in [1.54, 1.807) is 11.3 Å². The zero-order valence-corrected chi connectivity index (χ0v) is 20.0. The van der Waals surface area contributed by atoms with Crippen molar-refractivity contribution >= 4 is 47.2 Å². The zero-order chi connectivity index (χ0) is 18.9. The minimum atomic E-state index is -0.0561. The number of hydrogen-bond donors (Lipinski definition) is 1. The van der Waals surface area contributed by atoms with E-state index in [1.165, 1.54) is 4.88 Å². The maximum Gasteiger partial charge on any atom is 0.309 e. The van der Waals surface area contributed by atoms with Gasteiger partial charge in [0.2, 0.25) is 0 Å². The van der Waals surface area contributed by atoms with Gasteiger partial charge in [0, 0.05) is 24.5 Å². The highest BCUT2D eigenvalue weighted by Crippen LogP contribution is 2.24. The van der Waals surface area contributed by atoms with Gasteiger partial charge in [0.25, 0.3) is 0 Å². The fourth-order valence-corrected chi connectivity index (χ4v) is 4.09. The van der Waals surface area contributed by atoms with Gasteiger partial charge in [-0.25, -0.2) is 0 Å². The maximum atomic E-state index is 11.9. The van der Waals surface area contributed by atoms with Crippen molar-refractivity contribution in [3.63, 3.8) is 0 Å². The number of aliphatic imine (C=N–C) groups is 1. The van der Waals surface area contributed by atoms with Gasteiger partial charge in [0.15, 0.2) is 5.96 Å². The third kappa shape index (κ3) is 7.23. The molecular weight excluding hydrogens is 475 g/mol. The molecule has 0 aliphatic carbocycles. The number of thiophene rings is 1. The first-order valence-corrected chi connectivity index (χ1v) is 10.3. The normalized spacial score (nSPS) is 16.8. The summed E-state index contributed by atoms with van der Waals surface area (Å²) in [6, 6.07) is 4.54. The molecule has 6 nitrogen and oxygen atoms in total. The molecule has 2 heterocycles. The number of carbonyl (C=O) groups is 1. The Labute approximate surface area is 184 Å². The molecule has 0 saturated carbocycles. The summed E-state index contributed by atoms with van der Waals surface area (Å²) >= 11 is 1.77. The van der Waals surface area contributed by atoms with Gasteiger partial charge in [-0.05, 0) is 52.2 Å². The molecule has 0 radical (unpaired) electrons. The third-order valence-corrected chi connectivity index (χ3v) is 5.63. The van der Waals surface area contributed by atoms with Gasteiger partial charge < -0.3 is 19.9 Å². The second kappa shape index (κ2) is 12.6. The van der Waals surface area contributed by atoms with Crippen LogP contribution < -0.4 is 5.32 Å². The van der Waals surface area contributed by atoms with Crippen molar-refractivity contribution in [1.82, 2.24) is 15.1 Å². The highest BCUT2D eigenvalue weighted by molar-refractivity contribution is 14.0. The summed E-state index contributed by atoms with van der Waals surface area (Å²) in [5.41, 5.74) is 0. The van der Waals surface area contributed by atoms with Gasteiger partial charge in [0.05, 0.1) is 25.1 Å². The number of esters is 1. The summed E-state index contributed by atoms with van der Waals surface area (Å²) in [4.78, 5) is 22.6. The third-order valence-electron chi connectivity index (χ3n) is 4.66. The predicted molar refractivity (Wildman–Crippen MR) is 123 cm³/mol. The first-order valence-electron chi connectivity index (χ1n) is 9.46. The van der Waals surface area contributed by atoms with Crippen molar-refractivity contribution in [3.8, 4) is 0 Å². The lowest BCUT2D eigenvalue weighted by Gasteiger charge is -2.33. The number of carbonyl (C=O) groups excluding carboxylic acids is 1. The second-order valence-corrected chi connectivity index (χ2v) is 7.68. The van der Waals surface area contributed by atoms with Crippen LogP contribution in [-0.4, -0.2) is 68.6 Å². The molecule has 1 aliphatic rings. The molecule has 1 fully saturated rings. The SMILES string of the molecule is CCNC(=NCC(c1cccs1)N(C)C)N1CCC(C(=O)OCC)CC1.I. The van der Waals surface area contributed by atoms with Gasteiger partial charge in [-0.1, -0.05) is 6.07 Å². The predicted octanol–water partition coefficient (Wildman–Crippen LogP) is 3.21. The van der Waals surface area contributed by atoms with E-state index in [0.29, 0.717) is 13.2 Å². The van der Waals surface area contributed by atoms with Gasteiger partial charge in [0.1, 0.15) is 0 Å². The monoisotopic (exact) mass is 508 g/mol. The molecule has 8 heteroatoms. The number of likely N-dealkylation sites (tertiary alicyclic amines) is 1. The largest absolute Gasteiger partial charge is 0.466 e. The molecule has 1 atom stereocenters. The lowest BCUT2D eigenvalue weighted by Crippen LogP contribution is -2.47. The number of hydrogen-bond acceptors (Lipinski definition) is 5. The highest BCUT2D eigenvalue weighted by atomic mass is 127. The highest BCUT2D eigenvalue weighted by Gasteiger charge is 2.27. The Morgan fingerprint density at radius 1 is 1.41 bits per heavy atom. The molecular formula is C19H33IN4O2S. The molecule has 0 bridgehead atoms. The molecule has 1 aliphatic heterocycles. The Hall–Kier alpha value is -0.870. The van der Waals surface area contributed by atoms with E-state index in [2.05, 4.69) is 53.6 Å². The van der Waals surface area contributed by atoms with Crippen LogP contribution in [0.3, 0.4) is 0 Å². The van der Waals surface area contributed by atoms with Crippen molar-refractivity contribution in [2.45, 2.75) is 32.7 Å². The van der Waals surface area contributed by atoms with E-state index >= 15 is 0 Å². The quantitative estimate of drug-likeness (QED) is 0.265. The smallest absolute Gasteiger partial charge is 0.309 e. The first-order chi connectivity index (χ1) is 12.6. The van der Waals surface area contributed by atoms with Crippen LogP contribution in [0, 0.1) is 5.92 Å². The number of nitrogens with zero attached hydrogens (tertiary/aromatic N) is 3. The summed E-state index contributed by atoms with van der Waals surface area (Å²) < 4.78 is 5.16. The van der Waals surface area contributed by atoms with E-state index in [1.807, 2.05) is 6.92 Å². The van der Waals surface area contributed by atoms with Crippen LogP contribution in [0.25, 0.3) is 0 Å². The van der Waals surface area contributed by atoms with Gasteiger partial charge in [-0.2, -0.15) is 0 Å². The number of rotatable bonds is 7. The molecule has 1 aromatic heterocycles. The van der Waals surface area contributed by atoms with Crippen LogP contribution >= 0.6 is 35.3 Å². The molecule has 0 spiro atoms. The fraction of sp³-hybridized carbons (Fsp3) is 0.684. The van der Waals surface area contributed by atoms with Crippen LogP contribution in [0.2, 0.25) is 0 Å². The summed E-state index contributed by atoms with van der Waals surface area (Å²) in [6.45, 7) is 7.62. The van der Waals surface area contributed by atoms with Crippen LogP contribution in [-0.2, 0) is 9.53 Å². The minimum Gasteiger partial charge on any atom is -0.466 e. The molecule has 154 valence electrons. The van der Waals surface area contributed by atoms with Crippen LogP contribution in [0.4, 0.5) is 0 Å². The molecule has 0 amide bonds. The molecule has 1 unspecified atom stereocenters. The number of piperidine rings is 1. The number of halogens is 1.